The Balaban J connectivity index is 2.07. The smallest absolute Gasteiger partial charge is 0.177 e. The van der Waals surface area contributed by atoms with Gasteiger partial charge in [-0.25, -0.2) is 0 Å². The normalized spacial score (nSPS) is 39.1. The van der Waals surface area contributed by atoms with E-state index in [1.54, 1.807) is 0 Å². The van der Waals surface area contributed by atoms with Gasteiger partial charge in [0.15, 0.2) is 6.23 Å². The highest BCUT2D eigenvalue weighted by Crippen LogP contribution is 2.49. The molecule has 1 fully saturated rings. The van der Waals surface area contributed by atoms with E-state index in [-0.39, 0.29) is 11.8 Å². The number of hydrogen-bond donors (Lipinski definition) is 0. The fourth-order valence-electron chi connectivity index (χ4n) is 2.27. The monoisotopic (exact) mass is 187 g/mol. The summed E-state index contributed by atoms with van der Waals surface area (Å²) in [6.45, 7) is 4.32. The standard InChI is InChI=1S/C12H13NO/c1-9-8-12(2,13-11(9)14-13)10-6-4-3-5-7-10/h3-8,11H,1-2H3/t11?,12-,13?/m0/s1. The maximum absolute atomic E-state index is 5.50. The van der Waals surface area contributed by atoms with Gasteiger partial charge in [0.2, 0.25) is 0 Å². The van der Waals surface area contributed by atoms with Crippen molar-refractivity contribution in [2.75, 3.05) is 0 Å². The van der Waals surface area contributed by atoms with Crippen LogP contribution in [0.25, 0.3) is 0 Å². The van der Waals surface area contributed by atoms with E-state index in [1.165, 1.54) is 11.1 Å². The van der Waals surface area contributed by atoms with E-state index in [1.807, 2.05) is 6.07 Å². The quantitative estimate of drug-likeness (QED) is 0.495. The van der Waals surface area contributed by atoms with Crippen LogP contribution in [-0.2, 0) is 10.4 Å². The highest BCUT2D eigenvalue weighted by Gasteiger charge is 2.55. The summed E-state index contributed by atoms with van der Waals surface area (Å²) < 4.78 is 0. The van der Waals surface area contributed by atoms with E-state index in [2.05, 4.69) is 49.3 Å². The van der Waals surface area contributed by atoms with Crippen LogP contribution in [-0.4, -0.2) is 11.3 Å². The molecule has 2 aliphatic rings. The van der Waals surface area contributed by atoms with Crippen molar-refractivity contribution < 1.29 is 4.84 Å². The van der Waals surface area contributed by atoms with Gasteiger partial charge in [0.25, 0.3) is 0 Å². The topological polar surface area (TPSA) is 15.5 Å². The lowest BCUT2D eigenvalue weighted by Gasteiger charge is -2.23. The third kappa shape index (κ3) is 0.925. The summed E-state index contributed by atoms with van der Waals surface area (Å²) in [7, 11) is 0. The van der Waals surface area contributed by atoms with Gasteiger partial charge in [-0.05, 0) is 25.0 Å². The van der Waals surface area contributed by atoms with Gasteiger partial charge >= 0.3 is 0 Å². The summed E-state index contributed by atoms with van der Waals surface area (Å²) in [6.07, 6.45) is 2.52. The Kier molecular flexibility index (Phi) is 1.45. The lowest BCUT2D eigenvalue weighted by molar-refractivity contribution is 0.105. The first kappa shape index (κ1) is 8.21. The second kappa shape index (κ2) is 2.47. The van der Waals surface area contributed by atoms with Crippen molar-refractivity contribution in [3.8, 4) is 0 Å². The Morgan fingerprint density at radius 1 is 1.29 bits per heavy atom. The fraction of sp³-hybridized carbons (Fsp3) is 0.333. The van der Waals surface area contributed by atoms with Crippen LogP contribution in [0.1, 0.15) is 19.4 Å². The summed E-state index contributed by atoms with van der Waals surface area (Å²) >= 11 is 0. The predicted octanol–water partition coefficient (Wildman–Crippen LogP) is 2.44. The highest BCUT2D eigenvalue weighted by atomic mass is 16.8. The summed E-state index contributed by atoms with van der Waals surface area (Å²) in [5.41, 5.74) is 2.55. The van der Waals surface area contributed by atoms with Gasteiger partial charge in [-0.2, -0.15) is 0 Å². The van der Waals surface area contributed by atoms with Crippen molar-refractivity contribution in [1.29, 1.82) is 0 Å². The zero-order valence-corrected chi connectivity index (χ0v) is 8.40. The Labute approximate surface area is 83.7 Å². The van der Waals surface area contributed by atoms with E-state index < -0.39 is 0 Å². The first-order chi connectivity index (χ1) is 6.72. The lowest BCUT2D eigenvalue weighted by atomic mass is 9.93. The largest absolute Gasteiger partial charge is 0.269 e. The number of fused-ring (bicyclic) bond motifs is 1. The maximum Gasteiger partial charge on any atom is 0.177 e. The molecule has 2 heterocycles. The number of hydroxylamine groups is 2. The molecule has 0 aliphatic carbocycles. The van der Waals surface area contributed by atoms with E-state index in [4.69, 9.17) is 4.84 Å². The molecule has 0 aromatic heterocycles. The van der Waals surface area contributed by atoms with Gasteiger partial charge in [0.05, 0.1) is 5.54 Å². The molecule has 72 valence electrons. The molecule has 0 N–H and O–H groups in total. The molecule has 2 nitrogen and oxygen atoms in total. The molecule has 0 bridgehead atoms. The number of benzene rings is 1. The van der Waals surface area contributed by atoms with Crippen LogP contribution in [0.4, 0.5) is 0 Å². The number of nitrogens with zero attached hydrogens (tertiary/aromatic N) is 1. The van der Waals surface area contributed by atoms with E-state index in [9.17, 15) is 0 Å². The van der Waals surface area contributed by atoms with Crippen molar-refractivity contribution in [2.45, 2.75) is 25.6 Å². The Morgan fingerprint density at radius 2 is 2.00 bits per heavy atom. The SMILES string of the molecule is CC1=C[C@@](C)(c2ccccc2)N2OC12. The Bertz CT molecular complexity index is 398. The van der Waals surface area contributed by atoms with Gasteiger partial charge in [0, 0.05) is 0 Å². The molecule has 0 amide bonds. The van der Waals surface area contributed by atoms with Gasteiger partial charge in [-0.15, -0.1) is 5.06 Å². The molecule has 2 heteroatoms. The third-order valence-corrected chi connectivity index (χ3v) is 3.10. The molecule has 1 saturated heterocycles. The number of hydrogen-bond acceptors (Lipinski definition) is 2. The molecule has 0 radical (unpaired) electrons. The van der Waals surface area contributed by atoms with Crippen LogP contribution in [0.15, 0.2) is 42.0 Å². The van der Waals surface area contributed by atoms with Crippen molar-refractivity contribution in [3.05, 3.63) is 47.5 Å². The zero-order valence-electron chi connectivity index (χ0n) is 8.40. The molecule has 2 unspecified atom stereocenters. The van der Waals surface area contributed by atoms with Gasteiger partial charge in [-0.3, -0.25) is 4.84 Å². The van der Waals surface area contributed by atoms with Crippen LogP contribution < -0.4 is 0 Å². The third-order valence-electron chi connectivity index (χ3n) is 3.10. The second-order valence-electron chi connectivity index (χ2n) is 4.19. The highest BCUT2D eigenvalue weighted by molar-refractivity contribution is 5.37. The molecule has 3 atom stereocenters. The fourth-order valence-corrected chi connectivity index (χ4v) is 2.27. The Hall–Kier alpha value is -1.12. The molecule has 2 aliphatic heterocycles. The van der Waals surface area contributed by atoms with Crippen molar-refractivity contribution >= 4 is 0 Å². The Morgan fingerprint density at radius 3 is 2.50 bits per heavy atom. The summed E-state index contributed by atoms with van der Waals surface area (Å²) in [6, 6.07) is 10.5. The van der Waals surface area contributed by atoms with Crippen LogP contribution in [0.3, 0.4) is 0 Å². The first-order valence-corrected chi connectivity index (χ1v) is 4.93. The van der Waals surface area contributed by atoms with Crippen LogP contribution in [0, 0.1) is 0 Å². The van der Waals surface area contributed by atoms with E-state index >= 15 is 0 Å². The van der Waals surface area contributed by atoms with Crippen LogP contribution >= 0.6 is 0 Å². The second-order valence-corrected chi connectivity index (χ2v) is 4.19. The van der Waals surface area contributed by atoms with Crippen molar-refractivity contribution in [1.82, 2.24) is 5.06 Å². The molecule has 1 aromatic carbocycles. The maximum atomic E-state index is 5.50. The van der Waals surface area contributed by atoms with Crippen LogP contribution in [0.2, 0.25) is 0 Å². The minimum atomic E-state index is -0.0595. The average molecular weight is 187 g/mol. The summed E-state index contributed by atoms with van der Waals surface area (Å²) in [5.74, 6) is 0. The molecular formula is C12H13NO. The van der Waals surface area contributed by atoms with E-state index in [0.29, 0.717) is 0 Å². The summed E-state index contributed by atoms with van der Waals surface area (Å²) in [4.78, 5) is 5.50. The average Bonchev–Trinajstić information content (AvgIpc) is 2.94. The zero-order chi connectivity index (χ0) is 9.76. The molecule has 3 rings (SSSR count). The molecule has 14 heavy (non-hydrogen) atoms. The van der Waals surface area contributed by atoms with Crippen molar-refractivity contribution in [2.24, 2.45) is 0 Å². The summed E-state index contributed by atoms with van der Waals surface area (Å²) in [5, 5.41) is 2.05. The lowest BCUT2D eigenvalue weighted by Crippen LogP contribution is -2.26. The van der Waals surface area contributed by atoms with E-state index in [0.717, 1.165) is 0 Å². The number of rotatable bonds is 1. The molecule has 0 spiro atoms. The first-order valence-electron chi connectivity index (χ1n) is 4.93. The molecule has 1 aromatic rings. The van der Waals surface area contributed by atoms with Gasteiger partial charge < -0.3 is 0 Å². The van der Waals surface area contributed by atoms with Gasteiger partial charge in [-0.1, -0.05) is 36.4 Å². The van der Waals surface area contributed by atoms with Gasteiger partial charge in [0.1, 0.15) is 0 Å². The molecular weight excluding hydrogens is 174 g/mol. The van der Waals surface area contributed by atoms with Crippen molar-refractivity contribution in [3.63, 3.8) is 0 Å². The minimum Gasteiger partial charge on any atom is -0.269 e. The van der Waals surface area contributed by atoms with Crippen LogP contribution in [0.5, 0.6) is 0 Å². The predicted molar refractivity (Wildman–Crippen MR) is 54.3 cm³/mol. The molecule has 0 saturated carbocycles. The minimum absolute atomic E-state index is 0.0595.